The predicted molar refractivity (Wildman–Crippen MR) is 75.2 cm³/mol. The minimum atomic E-state index is -0.123. The van der Waals surface area contributed by atoms with Gasteiger partial charge in [0.2, 0.25) is 0 Å². The molecule has 3 aliphatic rings. The molecule has 1 aromatic carbocycles. The number of hydrogen-bond donors (Lipinski definition) is 1. The van der Waals surface area contributed by atoms with Crippen LogP contribution in [-0.4, -0.2) is 11.2 Å². The van der Waals surface area contributed by atoms with Crippen LogP contribution in [0.4, 0.5) is 0 Å². The van der Waals surface area contributed by atoms with E-state index in [2.05, 4.69) is 34.1 Å². The minimum Gasteiger partial charge on any atom is -0.392 e. The first-order valence-electron chi connectivity index (χ1n) is 7.17. The van der Waals surface area contributed by atoms with Gasteiger partial charge < -0.3 is 5.11 Å². The van der Waals surface area contributed by atoms with Crippen LogP contribution >= 0.6 is 15.9 Å². The smallest absolute Gasteiger partial charge is 0.0614 e. The van der Waals surface area contributed by atoms with E-state index in [1.165, 1.54) is 24.8 Å². The maximum absolute atomic E-state index is 10.5. The summed E-state index contributed by atoms with van der Waals surface area (Å²) in [5.41, 5.74) is 1.25. The Kier molecular flexibility index (Phi) is 2.60. The van der Waals surface area contributed by atoms with Crippen LogP contribution in [0.1, 0.15) is 24.8 Å². The third kappa shape index (κ3) is 1.61. The topological polar surface area (TPSA) is 20.2 Å². The molecule has 0 aliphatic heterocycles. The molecule has 0 amide bonds. The molecule has 5 unspecified atom stereocenters. The third-order valence-electron chi connectivity index (χ3n) is 5.63. The van der Waals surface area contributed by atoms with E-state index in [9.17, 15) is 5.11 Å². The molecule has 1 N–H and O–H groups in total. The number of fused-ring (bicyclic) bond motifs is 5. The first kappa shape index (κ1) is 11.5. The van der Waals surface area contributed by atoms with E-state index in [4.69, 9.17) is 0 Å². The van der Waals surface area contributed by atoms with Gasteiger partial charge in [-0.25, -0.2) is 0 Å². The predicted octanol–water partition coefficient (Wildman–Crippen LogP) is 3.64. The van der Waals surface area contributed by atoms with Crippen LogP contribution in [0.5, 0.6) is 0 Å². The van der Waals surface area contributed by atoms with Gasteiger partial charge in [-0.05, 0) is 66.9 Å². The molecule has 3 aliphatic carbocycles. The van der Waals surface area contributed by atoms with Gasteiger partial charge in [0.15, 0.2) is 0 Å². The lowest BCUT2D eigenvalue weighted by Crippen LogP contribution is -2.18. The van der Waals surface area contributed by atoms with Crippen molar-refractivity contribution in [2.24, 2.45) is 29.6 Å². The lowest BCUT2D eigenvalue weighted by atomic mass is 9.95. The van der Waals surface area contributed by atoms with Crippen LogP contribution in [0.2, 0.25) is 0 Å². The zero-order chi connectivity index (χ0) is 12.3. The largest absolute Gasteiger partial charge is 0.392 e. The van der Waals surface area contributed by atoms with Crippen LogP contribution in [0, 0.1) is 29.6 Å². The molecule has 3 saturated carbocycles. The standard InChI is InChI=1S/C16H19BrO/c17-12-4-2-1-3-9(12)8-13(18)16-14-10-5-6-11(7-10)15(14)16/h1-4,10-11,13-16,18H,5-8H2. The van der Waals surface area contributed by atoms with Crippen LogP contribution in [0.25, 0.3) is 0 Å². The second-order valence-electron chi connectivity index (χ2n) is 6.43. The van der Waals surface area contributed by atoms with Crippen molar-refractivity contribution in [1.82, 2.24) is 0 Å². The first-order valence-corrected chi connectivity index (χ1v) is 7.96. The fraction of sp³-hybridized carbons (Fsp3) is 0.625. The number of hydrogen-bond acceptors (Lipinski definition) is 1. The average Bonchev–Trinajstić information content (AvgIpc) is 2.82. The Morgan fingerprint density at radius 3 is 2.50 bits per heavy atom. The molecule has 2 heteroatoms. The van der Waals surface area contributed by atoms with Crippen molar-refractivity contribution in [2.45, 2.75) is 31.8 Å². The van der Waals surface area contributed by atoms with Crippen molar-refractivity contribution in [3.8, 4) is 0 Å². The molecule has 2 bridgehead atoms. The molecule has 96 valence electrons. The summed E-state index contributed by atoms with van der Waals surface area (Å²) >= 11 is 3.58. The molecule has 1 nitrogen and oxygen atoms in total. The summed E-state index contributed by atoms with van der Waals surface area (Å²) in [6, 6.07) is 8.29. The van der Waals surface area contributed by atoms with Crippen LogP contribution in [0.15, 0.2) is 28.7 Å². The van der Waals surface area contributed by atoms with E-state index in [0.29, 0.717) is 5.92 Å². The molecular formula is C16H19BrO. The molecule has 0 spiro atoms. The van der Waals surface area contributed by atoms with E-state index >= 15 is 0 Å². The highest BCUT2D eigenvalue weighted by Crippen LogP contribution is 2.70. The van der Waals surface area contributed by atoms with Gasteiger partial charge in [-0.1, -0.05) is 34.1 Å². The van der Waals surface area contributed by atoms with Crippen molar-refractivity contribution in [1.29, 1.82) is 0 Å². The van der Waals surface area contributed by atoms with E-state index in [1.54, 1.807) is 0 Å². The normalized spacial score (nSPS) is 41.8. The van der Waals surface area contributed by atoms with Crippen molar-refractivity contribution in [3.63, 3.8) is 0 Å². The Morgan fingerprint density at radius 2 is 1.83 bits per heavy atom. The number of benzene rings is 1. The molecule has 0 radical (unpaired) electrons. The van der Waals surface area contributed by atoms with E-state index in [-0.39, 0.29) is 6.10 Å². The van der Waals surface area contributed by atoms with Gasteiger partial charge in [0.05, 0.1) is 6.10 Å². The van der Waals surface area contributed by atoms with Gasteiger partial charge in [-0.15, -0.1) is 0 Å². The Balaban J connectivity index is 1.47. The van der Waals surface area contributed by atoms with Gasteiger partial charge in [-0.3, -0.25) is 0 Å². The summed E-state index contributed by atoms with van der Waals surface area (Å²) in [7, 11) is 0. The second-order valence-corrected chi connectivity index (χ2v) is 7.28. The summed E-state index contributed by atoms with van der Waals surface area (Å²) in [5, 5.41) is 10.5. The lowest BCUT2D eigenvalue weighted by Gasteiger charge is -2.16. The van der Waals surface area contributed by atoms with Gasteiger partial charge in [-0.2, -0.15) is 0 Å². The molecule has 0 saturated heterocycles. The van der Waals surface area contributed by atoms with E-state index in [0.717, 1.165) is 34.6 Å². The van der Waals surface area contributed by atoms with Gasteiger partial charge in [0, 0.05) is 4.47 Å². The molecule has 18 heavy (non-hydrogen) atoms. The quantitative estimate of drug-likeness (QED) is 0.904. The van der Waals surface area contributed by atoms with Gasteiger partial charge in [0.1, 0.15) is 0 Å². The van der Waals surface area contributed by atoms with Crippen LogP contribution < -0.4 is 0 Å². The number of aliphatic hydroxyl groups is 1. The Bertz CT molecular complexity index is 456. The summed E-state index contributed by atoms with van der Waals surface area (Å²) in [6.45, 7) is 0. The van der Waals surface area contributed by atoms with Crippen LogP contribution in [0.3, 0.4) is 0 Å². The number of halogens is 1. The Morgan fingerprint density at radius 1 is 1.17 bits per heavy atom. The van der Waals surface area contributed by atoms with Gasteiger partial charge in [0.25, 0.3) is 0 Å². The second kappa shape index (κ2) is 4.08. The summed E-state index contributed by atoms with van der Waals surface area (Å²) < 4.78 is 1.14. The zero-order valence-electron chi connectivity index (χ0n) is 10.4. The van der Waals surface area contributed by atoms with E-state index in [1.807, 2.05) is 6.07 Å². The van der Waals surface area contributed by atoms with Crippen molar-refractivity contribution in [3.05, 3.63) is 34.3 Å². The van der Waals surface area contributed by atoms with Crippen molar-refractivity contribution >= 4 is 15.9 Å². The highest BCUT2D eigenvalue weighted by atomic mass is 79.9. The lowest BCUT2D eigenvalue weighted by molar-refractivity contribution is 0.128. The van der Waals surface area contributed by atoms with Gasteiger partial charge >= 0.3 is 0 Å². The Labute approximate surface area is 117 Å². The number of aliphatic hydroxyl groups excluding tert-OH is 1. The third-order valence-corrected chi connectivity index (χ3v) is 6.40. The highest BCUT2D eigenvalue weighted by molar-refractivity contribution is 9.10. The molecule has 0 heterocycles. The fourth-order valence-electron chi connectivity index (χ4n) is 4.93. The number of rotatable bonds is 3. The Hall–Kier alpha value is -0.340. The average molecular weight is 307 g/mol. The maximum atomic E-state index is 10.5. The molecule has 4 rings (SSSR count). The molecule has 5 atom stereocenters. The molecular weight excluding hydrogens is 288 g/mol. The van der Waals surface area contributed by atoms with E-state index < -0.39 is 0 Å². The summed E-state index contributed by atoms with van der Waals surface area (Å²) in [5.74, 6) is 4.28. The maximum Gasteiger partial charge on any atom is 0.0614 e. The fourth-order valence-corrected chi connectivity index (χ4v) is 5.38. The first-order chi connectivity index (χ1) is 8.75. The summed E-state index contributed by atoms with van der Waals surface area (Å²) in [6.07, 6.45) is 5.03. The molecule has 0 aromatic heterocycles. The highest BCUT2D eigenvalue weighted by Gasteiger charge is 2.66. The molecule has 3 fully saturated rings. The SMILES string of the molecule is OC(Cc1ccccc1Br)C1C2C3CCC(C3)C12. The van der Waals surface area contributed by atoms with Crippen molar-refractivity contribution < 1.29 is 5.11 Å². The monoisotopic (exact) mass is 306 g/mol. The van der Waals surface area contributed by atoms with Crippen molar-refractivity contribution in [2.75, 3.05) is 0 Å². The minimum absolute atomic E-state index is 0.123. The van der Waals surface area contributed by atoms with Crippen LogP contribution in [-0.2, 0) is 6.42 Å². The zero-order valence-corrected chi connectivity index (χ0v) is 12.0. The summed E-state index contributed by atoms with van der Waals surface area (Å²) in [4.78, 5) is 0. The molecule has 1 aromatic rings.